The molecule has 0 radical (unpaired) electrons. The SMILES string of the molecule is CC1(C)Cc2cccc(CNCc3cc(Br)cs3)c2O1. The molecule has 20 heavy (non-hydrogen) atoms. The predicted octanol–water partition coefficient (Wildman–Crippen LogP) is 4.51. The zero-order valence-electron chi connectivity index (χ0n) is 11.7. The number of fused-ring (bicyclic) bond motifs is 1. The molecule has 0 spiro atoms. The summed E-state index contributed by atoms with van der Waals surface area (Å²) in [6.45, 7) is 6.03. The largest absolute Gasteiger partial charge is 0.487 e. The summed E-state index contributed by atoms with van der Waals surface area (Å²) in [5.74, 6) is 1.08. The van der Waals surface area contributed by atoms with Crippen LogP contribution in [-0.2, 0) is 19.5 Å². The minimum absolute atomic E-state index is 0.0724. The molecule has 1 aromatic carbocycles. The van der Waals surface area contributed by atoms with Crippen LogP contribution in [0, 0.1) is 0 Å². The Morgan fingerprint density at radius 2 is 2.20 bits per heavy atom. The van der Waals surface area contributed by atoms with Gasteiger partial charge in [-0.1, -0.05) is 18.2 Å². The smallest absolute Gasteiger partial charge is 0.127 e. The molecule has 0 saturated heterocycles. The minimum Gasteiger partial charge on any atom is -0.487 e. The molecular weight excluding hydrogens is 334 g/mol. The van der Waals surface area contributed by atoms with Crippen molar-refractivity contribution in [2.75, 3.05) is 0 Å². The van der Waals surface area contributed by atoms with Crippen LogP contribution in [0.2, 0.25) is 0 Å². The fraction of sp³-hybridized carbons (Fsp3) is 0.375. The van der Waals surface area contributed by atoms with Crippen LogP contribution in [0.25, 0.3) is 0 Å². The van der Waals surface area contributed by atoms with Gasteiger partial charge >= 0.3 is 0 Å². The van der Waals surface area contributed by atoms with Gasteiger partial charge in [0.25, 0.3) is 0 Å². The molecule has 0 aliphatic carbocycles. The fourth-order valence-electron chi connectivity index (χ4n) is 2.59. The standard InChI is InChI=1S/C16H18BrNOS/c1-16(2)7-11-4-3-5-12(15(11)19-16)8-18-9-14-6-13(17)10-20-14/h3-6,10,18H,7-9H2,1-2H3. The summed E-state index contributed by atoms with van der Waals surface area (Å²) in [6, 6.07) is 8.61. The molecule has 0 fully saturated rings. The average Bonchev–Trinajstić information content (AvgIpc) is 2.91. The van der Waals surface area contributed by atoms with E-state index in [9.17, 15) is 0 Å². The lowest BCUT2D eigenvalue weighted by molar-refractivity contribution is 0.137. The number of rotatable bonds is 4. The maximum Gasteiger partial charge on any atom is 0.127 e. The van der Waals surface area contributed by atoms with Gasteiger partial charge in [0.15, 0.2) is 0 Å². The second-order valence-corrected chi connectivity index (χ2v) is 7.69. The van der Waals surface area contributed by atoms with Crippen molar-refractivity contribution in [3.05, 3.63) is 50.1 Å². The monoisotopic (exact) mass is 351 g/mol. The molecule has 0 unspecified atom stereocenters. The molecule has 1 aromatic heterocycles. The van der Waals surface area contributed by atoms with E-state index < -0.39 is 0 Å². The van der Waals surface area contributed by atoms with E-state index >= 15 is 0 Å². The van der Waals surface area contributed by atoms with Crippen LogP contribution in [-0.4, -0.2) is 5.60 Å². The summed E-state index contributed by atoms with van der Waals surface area (Å²) in [7, 11) is 0. The summed E-state index contributed by atoms with van der Waals surface area (Å²) in [6.07, 6.45) is 0.994. The number of thiophene rings is 1. The first-order valence-electron chi connectivity index (χ1n) is 6.77. The molecule has 4 heteroatoms. The van der Waals surface area contributed by atoms with Gasteiger partial charge in [-0.15, -0.1) is 11.3 Å². The van der Waals surface area contributed by atoms with Gasteiger partial charge in [0.1, 0.15) is 11.4 Å². The number of halogens is 1. The van der Waals surface area contributed by atoms with Crippen molar-refractivity contribution in [1.82, 2.24) is 5.32 Å². The van der Waals surface area contributed by atoms with E-state index in [4.69, 9.17) is 4.74 Å². The van der Waals surface area contributed by atoms with E-state index in [1.807, 2.05) is 0 Å². The van der Waals surface area contributed by atoms with Gasteiger partial charge in [0, 0.05) is 39.8 Å². The lowest BCUT2D eigenvalue weighted by Crippen LogP contribution is -2.25. The Kier molecular flexibility index (Phi) is 3.89. The first kappa shape index (κ1) is 14.1. The van der Waals surface area contributed by atoms with Crippen LogP contribution >= 0.6 is 27.3 Å². The third kappa shape index (κ3) is 3.08. The molecule has 1 aliphatic rings. The number of hydrogen-bond donors (Lipinski definition) is 1. The number of hydrogen-bond acceptors (Lipinski definition) is 3. The number of para-hydroxylation sites is 1. The van der Waals surface area contributed by atoms with Crippen LogP contribution in [0.3, 0.4) is 0 Å². The molecule has 3 rings (SSSR count). The Hall–Kier alpha value is -0.840. The lowest BCUT2D eigenvalue weighted by atomic mass is 10.0. The number of benzene rings is 1. The summed E-state index contributed by atoms with van der Waals surface area (Å²) >= 11 is 5.25. The summed E-state index contributed by atoms with van der Waals surface area (Å²) in [4.78, 5) is 1.34. The Morgan fingerprint density at radius 3 is 2.95 bits per heavy atom. The quantitative estimate of drug-likeness (QED) is 0.874. The van der Waals surface area contributed by atoms with Gasteiger partial charge in [-0.2, -0.15) is 0 Å². The fourth-order valence-corrected chi connectivity index (χ4v) is 4.01. The van der Waals surface area contributed by atoms with Crippen LogP contribution < -0.4 is 10.1 Å². The zero-order valence-corrected chi connectivity index (χ0v) is 14.1. The molecule has 2 aromatic rings. The highest BCUT2D eigenvalue weighted by molar-refractivity contribution is 9.10. The van der Waals surface area contributed by atoms with Crippen molar-refractivity contribution in [1.29, 1.82) is 0 Å². The average molecular weight is 352 g/mol. The van der Waals surface area contributed by atoms with E-state index in [-0.39, 0.29) is 5.60 Å². The molecule has 106 valence electrons. The second kappa shape index (κ2) is 5.51. The first-order valence-corrected chi connectivity index (χ1v) is 8.44. The zero-order chi connectivity index (χ0) is 14.2. The molecule has 1 aliphatic heterocycles. The maximum atomic E-state index is 6.09. The van der Waals surface area contributed by atoms with Gasteiger partial charge < -0.3 is 10.1 Å². The van der Waals surface area contributed by atoms with Crippen LogP contribution in [0.1, 0.15) is 29.9 Å². The summed E-state index contributed by atoms with van der Waals surface area (Å²) in [5.41, 5.74) is 2.51. The van der Waals surface area contributed by atoms with Gasteiger partial charge in [0.2, 0.25) is 0 Å². The predicted molar refractivity (Wildman–Crippen MR) is 87.4 cm³/mol. The van der Waals surface area contributed by atoms with E-state index in [2.05, 4.69) is 64.7 Å². The second-order valence-electron chi connectivity index (χ2n) is 5.78. The Labute approximate surface area is 132 Å². The number of nitrogens with one attached hydrogen (secondary N) is 1. The normalized spacial score (nSPS) is 15.9. The Bertz CT molecular complexity index is 621. The van der Waals surface area contributed by atoms with E-state index in [1.54, 1.807) is 11.3 Å². The van der Waals surface area contributed by atoms with Gasteiger partial charge in [-0.25, -0.2) is 0 Å². The third-order valence-corrected chi connectivity index (χ3v) is 5.11. The van der Waals surface area contributed by atoms with Gasteiger partial charge in [-0.3, -0.25) is 0 Å². The van der Waals surface area contributed by atoms with Gasteiger partial charge in [-0.05, 0) is 41.4 Å². The molecule has 2 nitrogen and oxygen atoms in total. The van der Waals surface area contributed by atoms with Crippen LogP contribution in [0.4, 0.5) is 0 Å². The minimum atomic E-state index is -0.0724. The van der Waals surface area contributed by atoms with Crippen molar-refractivity contribution in [2.45, 2.75) is 39.0 Å². The van der Waals surface area contributed by atoms with Crippen LogP contribution in [0.5, 0.6) is 5.75 Å². The van der Waals surface area contributed by atoms with Gasteiger partial charge in [0.05, 0.1) is 0 Å². The van der Waals surface area contributed by atoms with Crippen molar-refractivity contribution in [3.63, 3.8) is 0 Å². The molecule has 1 N–H and O–H groups in total. The number of ether oxygens (including phenoxy) is 1. The third-order valence-electron chi connectivity index (χ3n) is 3.41. The van der Waals surface area contributed by atoms with Crippen molar-refractivity contribution < 1.29 is 4.74 Å². The van der Waals surface area contributed by atoms with E-state index in [0.29, 0.717) is 0 Å². The van der Waals surface area contributed by atoms with Crippen molar-refractivity contribution >= 4 is 27.3 Å². The van der Waals surface area contributed by atoms with Crippen molar-refractivity contribution in [2.24, 2.45) is 0 Å². The maximum absolute atomic E-state index is 6.09. The lowest BCUT2D eigenvalue weighted by Gasteiger charge is -2.18. The summed E-state index contributed by atoms with van der Waals surface area (Å²) in [5, 5.41) is 5.61. The molecule has 0 saturated carbocycles. The van der Waals surface area contributed by atoms with Crippen LogP contribution in [0.15, 0.2) is 34.1 Å². The topological polar surface area (TPSA) is 21.3 Å². The van der Waals surface area contributed by atoms with E-state index in [1.165, 1.54) is 16.0 Å². The summed E-state index contributed by atoms with van der Waals surface area (Å²) < 4.78 is 7.24. The molecule has 0 atom stereocenters. The Morgan fingerprint density at radius 1 is 1.35 bits per heavy atom. The van der Waals surface area contributed by atoms with Crippen molar-refractivity contribution in [3.8, 4) is 5.75 Å². The Balaban J connectivity index is 1.66. The first-order chi connectivity index (χ1) is 9.53. The highest BCUT2D eigenvalue weighted by Gasteiger charge is 2.31. The highest BCUT2D eigenvalue weighted by atomic mass is 79.9. The van der Waals surface area contributed by atoms with E-state index in [0.717, 1.165) is 29.7 Å². The highest BCUT2D eigenvalue weighted by Crippen LogP contribution is 2.37. The molecule has 2 heterocycles. The molecule has 0 amide bonds. The molecule has 0 bridgehead atoms. The molecular formula is C16H18BrNOS.